The number of nitrogens with zero attached hydrogens (tertiary/aromatic N) is 1. The summed E-state index contributed by atoms with van der Waals surface area (Å²) in [4.78, 5) is 27.0. The zero-order valence-corrected chi connectivity index (χ0v) is 18.5. The average Bonchev–Trinajstić information content (AvgIpc) is 3.50. The van der Waals surface area contributed by atoms with Crippen molar-refractivity contribution in [3.05, 3.63) is 82.8 Å². The number of rotatable bonds is 6. The van der Waals surface area contributed by atoms with Crippen molar-refractivity contribution in [1.29, 1.82) is 0 Å². The lowest BCUT2D eigenvalue weighted by Gasteiger charge is -2.20. The number of halogens is 3. The molecule has 6 nitrogen and oxygen atoms in total. The quantitative estimate of drug-likeness (QED) is 0.483. The molecule has 4 rings (SSSR count). The Morgan fingerprint density at radius 1 is 1.00 bits per heavy atom. The van der Waals surface area contributed by atoms with Crippen molar-refractivity contribution in [1.82, 2.24) is 4.90 Å². The molecule has 2 heterocycles. The van der Waals surface area contributed by atoms with Crippen LogP contribution in [0.2, 0.25) is 0 Å². The van der Waals surface area contributed by atoms with Crippen LogP contribution in [0.15, 0.2) is 59.2 Å². The molecule has 1 fully saturated rings. The van der Waals surface area contributed by atoms with Gasteiger partial charge in [0.05, 0.1) is 11.8 Å². The van der Waals surface area contributed by atoms with E-state index in [0.717, 1.165) is 32.0 Å². The monoisotopic (exact) mass is 471 g/mol. The molecule has 3 aromatic rings. The first-order chi connectivity index (χ1) is 16.2. The van der Waals surface area contributed by atoms with E-state index in [0.29, 0.717) is 11.3 Å². The normalized spacial score (nSPS) is 14.2. The number of carbonyl (C=O) groups is 2. The Kier molecular flexibility index (Phi) is 6.74. The first kappa shape index (κ1) is 23.6. The number of benzene rings is 2. The molecule has 178 valence electrons. The van der Waals surface area contributed by atoms with Gasteiger partial charge < -0.3 is 15.1 Å². The van der Waals surface area contributed by atoms with Crippen LogP contribution in [0.1, 0.15) is 50.4 Å². The van der Waals surface area contributed by atoms with E-state index in [4.69, 9.17) is 4.42 Å². The molecule has 2 N–H and O–H groups in total. The summed E-state index contributed by atoms with van der Waals surface area (Å²) in [5.41, 5.74) is 0.769. The van der Waals surface area contributed by atoms with Gasteiger partial charge in [-0.1, -0.05) is 12.1 Å². The number of likely N-dealkylation sites (tertiary alicyclic amines) is 1. The Hall–Kier alpha value is -3.59. The molecule has 2 aromatic carbocycles. The number of hydrogen-bond acceptors (Lipinski definition) is 4. The Bertz CT molecular complexity index is 1180. The second-order valence-corrected chi connectivity index (χ2v) is 8.27. The number of amides is 2. The van der Waals surface area contributed by atoms with E-state index in [9.17, 15) is 22.8 Å². The molecule has 0 aliphatic carbocycles. The summed E-state index contributed by atoms with van der Waals surface area (Å²) in [6, 6.07) is 11.6. The number of furan rings is 1. The van der Waals surface area contributed by atoms with E-state index >= 15 is 0 Å². The highest BCUT2D eigenvalue weighted by atomic mass is 19.4. The maximum absolute atomic E-state index is 13.7. The Balaban J connectivity index is 1.52. The smallest absolute Gasteiger partial charge is 0.416 e. The van der Waals surface area contributed by atoms with Gasteiger partial charge in [0.15, 0.2) is 5.76 Å². The van der Waals surface area contributed by atoms with Crippen molar-refractivity contribution in [3.63, 3.8) is 0 Å². The summed E-state index contributed by atoms with van der Waals surface area (Å²) in [6.07, 6.45) is -1.20. The van der Waals surface area contributed by atoms with Gasteiger partial charge in [-0.05, 0) is 80.4 Å². The third-order valence-electron chi connectivity index (χ3n) is 5.76. The summed E-state index contributed by atoms with van der Waals surface area (Å²) < 4.78 is 46.2. The standard InChI is InChI=1S/C25H24F3N3O3/c1-16-6-7-17(13-21(16)30-24(33)22-5-4-12-34-22)23(32)29-19-9-8-18(15-31-10-2-3-11-31)20(14-19)25(26,27)28/h4-9,12-14H,2-3,10-11,15H2,1H3,(H,29,32)(H,30,33). The molecule has 1 aliphatic heterocycles. The fourth-order valence-corrected chi connectivity index (χ4v) is 3.93. The van der Waals surface area contributed by atoms with E-state index < -0.39 is 23.6 Å². The molecule has 0 bridgehead atoms. The van der Waals surface area contributed by atoms with E-state index in [1.165, 1.54) is 30.5 Å². The molecule has 1 aliphatic rings. The van der Waals surface area contributed by atoms with Crippen molar-refractivity contribution < 1.29 is 27.2 Å². The molecule has 9 heteroatoms. The minimum atomic E-state index is -4.54. The van der Waals surface area contributed by atoms with Crippen molar-refractivity contribution in [3.8, 4) is 0 Å². The number of aryl methyl sites for hydroxylation is 1. The van der Waals surface area contributed by atoms with Crippen LogP contribution in [0.5, 0.6) is 0 Å². The first-order valence-corrected chi connectivity index (χ1v) is 10.9. The number of nitrogens with one attached hydrogen (secondary N) is 2. The van der Waals surface area contributed by atoms with E-state index in [1.54, 1.807) is 25.1 Å². The van der Waals surface area contributed by atoms with Crippen molar-refractivity contribution >= 4 is 23.2 Å². The third-order valence-corrected chi connectivity index (χ3v) is 5.76. The molecule has 0 unspecified atom stereocenters. The average molecular weight is 471 g/mol. The van der Waals surface area contributed by atoms with Gasteiger partial charge in [-0.3, -0.25) is 14.5 Å². The molecule has 2 amide bonds. The minimum Gasteiger partial charge on any atom is -0.459 e. The maximum Gasteiger partial charge on any atom is 0.416 e. The van der Waals surface area contributed by atoms with Crippen LogP contribution in [0.25, 0.3) is 0 Å². The number of anilines is 2. The molecule has 34 heavy (non-hydrogen) atoms. The molecule has 1 saturated heterocycles. The molecular formula is C25H24F3N3O3. The zero-order valence-electron chi connectivity index (χ0n) is 18.5. The highest BCUT2D eigenvalue weighted by Crippen LogP contribution is 2.35. The summed E-state index contributed by atoms with van der Waals surface area (Å²) in [5.74, 6) is -0.953. The lowest BCUT2D eigenvalue weighted by molar-refractivity contribution is -0.138. The summed E-state index contributed by atoms with van der Waals surface area (Å²) in [6.45, 7) is 3.54. The van der Waals surface area contributed by atoms with Gasteiger partial charge in [-0.25, -0.2) is 0 Å². The fourth-order valence-electron chi connectivity index (χ4n) is 3.93. The lowest BCUT2D eigenvalue weighted by Crippen LogP contribution is -2.21. The van der Waals surface area contributed by atoms with E-state index in [1.807, 2.05) is 4.90 Å². The summed E-state index contributed by atoms with van der Waals surface area (Å²) in [7, 11) is 0. The van der Waals surface area contributed by atoms with E-state index in [2.05, 4.69) is 10.6 Å². The first-order valence-electron chi connectivity index (χ1n) is 10.9. The number of alkyl halides is 3. The fraction of sp³-hybridized carbons (Fsp3) is 0.280. The van der Waals surface area contributed by atoms with Gasteiger partial charge in [-0.15, -0.1) is 0 Å². The molecule has 0 radical (unpaired) electrons. The third kappa shape index (κ3) is 5.48. The molecule has 1 aromatic heterocycles. The number of carbonyl (C=O) groups excluding carboxylic acids is 2. The summed E-state index contributed by atoms with van der Waals surface area (Å²) >= 11 is 0. The second kappa shape index (κ2) is 9.72. The molecule has 0 spiro atoms. The van der Waals surface area contributed by atoms with Crippen molar-refractivity contribution in [2.45, 2.75) is 32.5 Å². The van der Waals surface area contributed by atoms with Gasteiger partial charge in [0.1, 0.15) is 0 Å². The van der Waals surface area contributed by atoms with Gasteiger partial charge >= 0.3 is 6.18 Å². The Morgan fingerprint density at radius 3 is 2.44 bits per heavy atom. The number of hydrogen-bond donors (Lipinski definition) is 2. The summed E-state index contributed by atoms with van der Waals surface area (Å²) in [5, 5.41) is 5.21. The molecular weight excluding hydrogens is 447 g/mol. The van der Waals surface area contributed by atoms with Gasteiger partial charge in [0.2, 0.25) is 0 Å². The Morgan fingerprint density at radius 2 is 1.76 bits per heavy atom. The SMILES string of the molecule is Cc1ccc(C(=O)Nc2ccc(CN3CCCC3)c(C(F)(F)F)c2)cc1NC(=O)c1ccco1. The largest absolute Gasteiger partial charge is 0.459 e. The highest BCUT2D eigenvalue weighted by Gasteiger charge is 2.34. The van der Waals surface area contributed by atoms with Crippen LogP contribution in [-0.4, -0.2) is 29.8 Å². The van der Waals surface area contributed by atoms with Crippen LogP contribution in [0, 0.1) is 6.92 Å². The second-order valence-electron chi connectivity index (χ2n) is 8.27. The van der Waals surface area contributed by atoms with Gasteiger partial charge in [0, 0.05) is 23.5 Å². The Labute approximate surface area is 194 Å². The lowest BCUT2D eigenvalue weighted by atomic mass is 10.0. The molecule has 0 atom stereocenters. The van der Waals surface area contributed by atoms with Crippen molar-refractivity contribution in [2.24, 2.45) is 0 Å². The van der Waals surface area contributed by atoms with E-state index in [-0.39, 0.29) is 29.1 Å². The highest BCUT2D eigenvalue weighted by molar-refractivity contribution is 6.07. The van der Waals surface area contributed by atoms with Gasteiger partial charge in [0.25, 0.3) is 11.8 Å². The maximum atomic E-state index is 13.7. The topological polar surface area (TPSA) is 74.6 Å². The minimum absolute atomic E-state index is 0.0456. The predicted octanol–water partition coefficient (Wildman–Crippen LogP) is 5.71. The van der Waals surface area contributed by atoms with Gasteiger partial charge in [-0.2, -0.15) is 13.2 Å². The van der Waals surface area contributed by atoms with Crippen LogP contribution < -0.4 is 10.6 Å². The zero-order chi connectivity index (χ0) is 24.3. The van der Waals surface area contributed by atoms with Crippen LogP contribution in [-0.2, 0) is 12.7 Å². The van der Waals surface area contributed by atoms with Crippen LogP contribution in [0.3, 0.4) is 0 Å². The van der Waals surface area contributed by atoms with Crippen LogP contribution in [0.4, 0.5) is 24.5 Å². The van der Waals surface area contributed by atoms with Crippen molar-refractivity contribution in [2.75, 3.05) is 23.7 Å². The van der Waals surface area contributed by atoms with Crippen LogP contribution >= 0.6 is 0 Å². The predicted molar refractivity (Wildman–Crippen MR) is 122 cm³/mol. The molecule has 0 saturated carbocycles.